The Hall–Kier alpha value is -1.81. The first-order valence-corrected chi connectivity index (χ1v) is 8.08. The topological polar surface area (TPSA) is 38.3 Å². The second-order valence-electron chi connectivity index (χ2n) is 5.21. The fourth-order valence-corrected chi connectivity index (χ4v) is 2.48. The van der Waals surface area contributed by atoms with E-state index < -0.39 is 0 Å². The van der Waals surface area contributed by atoms with Crippen LogP contribution in [-0.4, -0.2) is 12.5 Å². The number of benzene rings is 2. The molecule has 0 radical (unpaired) electrons. The summed E-state index contributed by atoms with van der Waals surface area (Å²) in [5, 5.41) is 2.95. The van der Waals surface area contributed by atoms with Crippen LogP contribution in [0.3, 0.4) is 0 Å². The number of para-hydroxylation sites is 1. The number of hydrogen-bond acceptors (Lipinski definition) is 2. The lowest BCUT2D eigenvalue weighted by molar-refractivity contribution is -0.118. The molecule has 0 bridgehead atoms. The predicted octanol–water partition coefficient (Wildman–Crippen LogP) is 4.65. The van der Waals surface area contributed by atoms with E-state index in [1.807, 2.05) is 50.2 Å². The fraction of sp³-hybridized carbons (Fsp3) is 0.278. The Kier molecular flexibility index (Phi) is 5.61. The van der Waals surface area contributed by atoms with Gasteiger partial charge in [-0.3, -0.25) is 4.79 Å². The molecular formula is C18H20BrNO2. The lowest BCUT2D eigenvalue weighted by atomic mass is 10.1. The lowest BCUT2D eigenvalue weighted by Gasteiger charge is -2.13. The number of carbonyl (C=O) groups is 1. The number of aryl methyl sites for hydroxylation is 3. The molecular weight excluding hydrogens is 342 g/mol. The van der Waals surface area contributed by atoms with Gasteiger partial charge in [-0.05, 0) is 55.2 Å². The third-order valence-corrected chi connectivity index (χ3v) is 4.39. The molecule has 0 spiro atoms. The molecule has 0 aromatic heterocycles. The number of rotatable bonds is 5. The van der Waals surface area contributed by atoms with Crippen molar-refractivity contribution in [3.63, 3.8) is 0 Å². The number of ether oxygens (including phenoxy) is 1. The third kappa shape index (κ3) is 4.10. The number of halogens is 1. The van der Waals surface area contributed by atoms with Gasteiger partial charge >= 0.3 is 0 Å². The smallest absolute Gasteiger partial charge is 0.262 e. The summed E-state index contributed by atoms with van der Waals surface area (Å²) in [4.78, 5) is 12.1. The fourth-order valence-electron chi connectivity index (χ4n) is 2.23. The van der Waals surface area contributed by atoms with Crippen molar-refractivity contribution in [1.29, 1.82) is 0 Å². The van der Waals surface area contributed by atoms with Crippen LogP contribution in [0.2, 0.25) is 0 Å². The average molecular weight is 362 g/mol. The van der Waals surface area contributed by atoms with Gasteiger partial charge in [-0.15, -0.1) is 0 Å². The van der Waals surface area contributed by atoms with Gasteiger partial charge in [0.15, 0.2) is 6.61 Å². The van der Waals surface area contributed by atoms with Gasteiger partial charge in [-0.2, -0.15) is 0 Å². The molecule has 2 aromatic carbocycles. The molecule has 3 nitrogen and oxygen atoms in total. The van der Waals surface area contributed by atoms with Crippen LogP contribution >= 0.6 is 15.9 Å². The summed E-state index contributed by atoms with van der Waals surface area (Å²) in [5.74, 6) is 0.543. The molecule has 0 aliphatic carbocycles. The number of carbonyl (C=O) groups excluding carboxylic acids is 1. The molecule has 0 fully saturated rings. The zero-order chi connectivity index (χ0) is 16.1. The van der Waals surface area contributed by atoms with Crippen LogP contribution in [0.5, 0.6) is 5.75 Å². The van der Waals surface area contributed by atoms with Gasteiger partial charge in [0.25, 0.3) is 5.91 Å². The van der Waals surface area contributed by atoms with Crippen molar-refractivity contribution >= 4 is 27.5 Å². The van der Waals surface area contributed by atoms with Crippen molar-refractivity contribution in [3.8, 4) is 5.75 Å². The minimum Gasteiger partial charge on any atom is -0.484 e. The Labute approximate surface area is 139 Å². The van der Waals surface area contributed by atoms with Crippen molar-refractivity contribution in [3.05, 3.63) is 57.6 Å². The molecule has 0 unspecified atom stereocenters. The molecule has 22 heavy (non-hydrogen) atoms. The van der Waals surface area contributed by atoms with E-state index in [9.17, 15) is 4.79 Å². The summed E-state index contributed by atoms with van der Waals surface area (Å²) < 4.78 is 6.58. The number of anilines is 1. The van der Waals surface area contributed by atoms with Gasteiger partial charge in [0.05, 0.1) is 0 Å². The molecule has 2 aromatic rings. The number of amides is 1. The molecule has 0 heterocycles. The highest BCUT2D eigenvalue weighted by Gasteiger charge is 2.09. The minimum atomic E-state index is -0.149. The minimum absolute atomic E-state index is 0.00143. The van der Waals surface area contributed by atoms with Gasteiger partial charge in [0.2, 0.25) is 0 Å². The molecule has 2 rings (SSSR count). The molecule has 116 valence electrons. The standard InChI is InChI=1S/C18H20BrNO2/c1-4-14-7-5-6-12(2)18(14)20-17(21)11-22-15-8-9-16(19)13(3)10-15/h5-10H,4,11H2,1-3H3,(H,20,21). The van der Waals surface area contributed by atoms with Gasteiger partial charge in [0.1, 0.15) is 5.75 Å². The molecule has 1 amide bonds. The lowest BCUT2D eigenvalue weighted by Crippen LogP contribution is -2.21. The summed E-state index contributed by atoms with van der Waals surface area (Å²) in [6, 6.07) is 11.7. The molecule has 0 saturated carbocycles. The van der Waals surface area contributed by atoms with Crippen LogP contribution in [-0.2, 0) is 11.2 Å². The van der Waals surface area contributed by atoms with E-state index in [0.29, 0.717) is 5.75 Å². The van der Waals surface area contributed by atoms with Crippen LogP contribution in [0.15, 0.2) is 40.9 Å². The first kappa shape index (κ1) is 16.6. The largest absolute Gasteiger partial charge is 0.484 e. The van der Waals surface area contributed by atoms with Crippen LogP contribution < -0.4 is 10.1 Å². The zero-order valence-corrected chi connectivity index (χ0v) is 14.7. The van der Waals surface area contributed by atoms with E-state index in [2.05, 4.69) is 28.2 Å². The van der Waals surface area contributed by atoms with Gasteiger partial charge in [-0.25, -0.2) is 0 Å². The van der Waals surface area contributed by atoms with Crippen molar-refractivity contribution in [2.45, 2.75) is 27.2 Å². The average Bonchev–Trinajstić information content (AvgIpc) is 2.50. The molecule has 0 atom stereocenters. The molecule has 0 saturated heterocycles. The highest BCUT2D eigenvalue weighted by Crippen LogP contribution is 2.23. The van der Waals surface area contributed by atoms with Gasteiger partial charge in [-0.1, -0.05) is 41.1 Å². The molecule has 1 N–H and O–H groups in total. The Morgan fingerprint density at radius 2 is 1.95 bits per heavy atom. The summed E-state index contributed by atoms with van der Waals surface area (Å²) in [7, 11) is 0. The SMILES string of the molecule is CCc1cccc(C)c1NC(=O)COc1ccc(Br)c(C)c1. The van der Waals surface area contributed by atoms with Crippen molar-refractivity contribution in [2.75, 3.05) is 11.9 Å². The first-order chi connectivity index (χ1) is 10.5. The van der Waals surface area contributed by atoms with E-state index in [4.69, 9.17) is 4.74 Å². The maximum absolute atomic E-state index is 12.1. The van der Waals surface area contributed by atoms with Gasteiger partial charge < -0.3 is 10.1 Å². The molecule has 0 aliphatic rings. The molecule has 4 heteroatoms. The zero-order valence-electron chi connectivity index (χ0n) is 13.1. The van der Waals surface area contributed by atoms with Gasteiger partial charge in [0, 0.05) is 10.2 Å². The summed E-state index contributed by atoms with van der Waals surface area (Å²) in [5.41, 5.74) is 4.16. The van der Waals surface area contributed by atoms with E-state index in [-0.39, 0.29) is 12.5 Å². The Balaban J connectivity index is 2.00. The van der Waals surface area contributed by atoms with Crippen LogP contribution in [0.25, 0.3) is 0 Å². The predicted molar refractivity (Wildman–Crippen MR) is 93.6 cm³/mol. The van der Waals surface area contributed by atoms with Crippen LogP contribution in [0.1, 0.15) is 23.6 Å². The highest BCUT2D eigenvalue weighted by molar-refractivity contribution is 9.10. The maximum Gasteiger partial charge on any atom is 0.262 e. The summed E-state index contributed by atoms with van der Waals surface area (Å²) in [6.45, 7) is 6.05. The van der Waals surface area contributed by atoms with Crippen molar-refractivity contribution in [2.24, 2.45) is 0 Å². The van der Waals surface area contributed by atoms with Crippen LogP contribution in [0, 0.1) is 13.8 Å². The second kappa shape index (κ2) is 7.45. The number of nitrogens with one attached hydrogen (secondary N) is 1. The normalized spacial score (nSPS) is 10.4. The van der Waals surface area contributed by atoms with Crippen molar-refractivity contribution in [1.82, 2.24) is 0 Å². The summed E-state index contributed by atoms with van der Waals surface area (Å²) >= 11 is 3.44. The Morgan fingerprint density at radius 1 is 1.18 bits per heavy atom. The van der Waals surface area contributed by atoms with E-state index in [1.165, 1.54) is 0 Å². The van der Waals surface area contributed by atoms with E-state index in [1.54, 1.807) is 0 Å². The van der Waals surface area contributed by atoms with Crippen molar-refractivity contribution < 1.29 is 9.53 Å². The second-order valence-corrected chi connectivity index (χ2v) is 6.06. The summed E-state index contributed by atoms with van der Waals surface area (Å²) in [6.07, 6.45) is 0.879. The van der Waals surface area contributed by atoms with E-state index >= 15 is 0 Å². The Morgan fingerprint density at radius 3 is 2.64 bits per heavy atom. The van der Waals surface area contributed by atoms with E-state index in [0.717, 1.165) is 33.3 Å². The van der Waals surface area contributed by atoms with Crippen LogP contribution in [0.4, 0.5) is 5.69 Å². The highest BCUT2D eigenvalue weighted by atomic mass is 79.9. The number of hydrogen-bond donors (Lipinski definition) is 1. The first-order valence-electron chi connectivity index (χ1n) is 7.28. The molecule has 0 aliphatic heterocycles. The third-order valence-electron chi connectivity index (χ3n) is 3.50. The maximum atomic E-state index is 12.1. The quantitative estimate of drug-likeness (QED) is 0.841. The monoisotopic (exact) mass is 361 g/mol. The Bertz CT molecular complexity index is 683.